The third-order valence-electron chi connectivity index (χ3n) is 5.12. The molecule has 0 spiro atoms. The van der Waals surface area contributed by atoms with Crippen LogP contribution in [0.1, 0.15) is 30.5 Å². The van der Waals surface area contributed by atoms with Gasteiger partial charge in [-0.15, -0.1) is 0 Å². The van der Waals surface area contributed by atoms with Crippen LogP contribution < -0.4 is 14.5 Å². The van der Waals surface area contributed by atoms with E-state index in [1.807, 2.05) is 45.9 Å². The van der Waals surface area contributed by atoms with Crippen molar-refractivity contribution >= 4 is 39.4 Å². The zero-order valence-corrected chi connectivity index (χ0v) is 21.6. The predicted molar refractivity (Wildman–Crippen MR) is 140 cm³/mol. The summed E-state index contributed by atoms with van der Waals surface area (Å²) >= 11 is 5.92. The summed E-state index contributed by atoms with van der Waals surface area (Å²) in [4.78, 5) is 12.7. The van der Waals surface area contributed by atoms with Crippen molar-refractivity contribution < 1.29 is 17.9 Å². The van der Waals surface area contributed by atoms with Gasteiger partial charge in [-0.3, -0.25) is 9.10 Å². The number of hydrogen-bond acceptors (Lipinski definition) is 5. The number of rotatable bonds is 9. The second-order valence-electron chi connectivity index (χ2n) is 8.26. The summed E-state index contributed by atoms with van der Waals surface area (Å²) in [5.74, 6) is 0.148. The van der Waals surface area contributed by atoms with Gasteiger partial charge in [0.05, 0.1) is 22.9 Å². The first-order chi connectivity index (χ1) is 16.6. The monoisotopic (exact) mass is 513 g/mol. The Kier molecular flexibility index (Phi) is 8.53. The number of ether oxygens (including phenoxy) is 1. The molecule has 7 nitrogen and oxygen atoms in total. The van der Waals surface area contributed by atoms with Crippen molar-refractivity contribution in [1.82, 2.24) is 5.43 Å². The van der Waals surface area contributed by atoms with Gasteiger partial charge in [0.2, 0.25) is 0 Å². The van der Waals surface area contributed by atoms with Crippen LogP contribution in [0.3, 0.4) is 0 Å². The molecule has 0 bridgehead atoms. The molecule has 0 aliphatic heterocycles. The Morgan fingerprint density at radius 3 is 2.29 bits per heavy atom. The maximum Gasteiger partial charge on any atom is 0.264 e. The first kappa shape index (κ1) is 26.2. The minimum atomic E-state index is -4.04. The number of hydrazone groups is 1. The van der Waals surface area contributed by atoms with Gasteiger partial charge in [0, 0.05) is 5.02 Å². The predicted octanol–water partition coefficient (Wildman–Crippen LogP) is 5.09. The lowest BCUT2D eigenvalue weighted by molar-refractivity contribution is -0.119. The smallest absolute Gasteiger partial charge is 0.264 e. The third kappa shape index (κ3) is 7.07. The maximum absolute atomic E-state index is 13.4. The summed E-state index contributed by atoms with van der Waals surface area (Å²) in [5, 5.41) is 4.39. The number of aryl methyl sites for hydroxylation is 2. The lowest BCUT2D eigenvalue weighted by Gasteiger charge is -2.24. The van der Waals surface area contributed by atoms with E-state index in [-0.39, 0.29) is 11.0 Å². The van der Waals surface area contributed by atoms with Crippen LogP contribution in [0.15, 0.2) is 76.7 Å². The number of halogens is 1. The number of nitrogens with one attached hydrogen (secondary N) is 1. The number of nitrogens with zero attached hydrogens (tertiary/aromatic N) is 2. The van der Waals surface area contributed by atoms with E-state index in [9.17, 15) is 13.2 Å². The molecule has 0 aliphatic carbocycles. The van der Waals surface area contributed by atoms with Gasteiger partial charge in [-0.25, -0.2) is 13.8 Å². The average Bonchev–Trinajstić information content (AvgIpc) is 2.80. The maximum atomic E-state index is 13.4. The van der Waals surface area contributed by atoms with Crippen molar-refractivity contribution in [3.05, 3.63) is 88.4 Å². The van der Waals surface area contributed by atoms with Crippen LogP contribution in [0.25, 0.3) is 0 Å². The van der Waals surface area contributed by atoms with Gasteiger partial charge >= 0.3 is 0 Å². The lowest BCUT2D eigenvalue weighted by Crippen LogP contribution is -2.39. The third-order valence-corrected chi connectivity index (χ3v) is 7.16. The molecule has 184 valence electrons. The fourth-order valence-electron chi connectivity index (χ4n) is 3.18. The van der Waals surface area contributed by atoms with Gasteiger partial charge in [-0.05, 0) is 105 Å². The number of sulfonamides is 1. The molecular formula is C26H28ClN3O4S. The normalized spacial score (nSPS) is 11.6. The summed E-state index contributed by atoms with van der Waals surface area (Å²) in [5.41, 5.74) is 5.45. The molecule has 0 saturated heterocycles. The fraction of sp³-hybridized carbons (Fsp3) is 0.231. The van der Waals surface area contributed by atoms with Crippen LogP contribution >= 0.6 is 11.6 Å². The SMILES string of the molecule is Cc1ccc(N(CC(=O)N/N=C\c2ccc(OC(C)C)cc2)S(=O)(=O)c2ccc(Cl)cc2)cc1C. The number of carbonyl (C=O) groups is 1. The van der Waals surface area contributed by atoms with Gasteiger partial charge in [0.25, 0.3) is 15.9 Å². The molecule has 3 aromatic rings. The molecule has 9 heteroatoms. The molecule has 1 amide bonds. The van der Waals surface area contributed by atoms with Crippen molar-refractivity contribution in [2.75, 3.05) is 10.8 Å². The largest absolute Gasteiger partial charge is 0.491 e. The van der Waals surface area contributed by atoms with E-state index in [0.717, 1.165) is 26.7 Å². The molecule has 1 N–H and O–H groups in total. The van der Waals surface area contributed by atoms with E-state index < -0.39 is 22.5 Å². The molecule has 3 rings (SSSR count). The first-order valence-corrected chi connectivity index (χ1v) is 12.8. The van der Waals surface area contributed by atoms with E-state index in [1.54, 1.807) is 24.3 Å². The second kappa shape index (κ2) is 11.4. The summed E-state index contributed by atoms with van der Waals surface area (Å²) in [6.07, 6.45) is 1.55. The number of anilines is 1. The summed E-state index contributed by atoms with van der Waals surface area (Å²) in [6, 6.07) is 18.3. The van der Waals surface area contributed by atoms with Crippen molar-refractivity contribution in [1.29, 1.82) is 0 Å². The quantitative estimate of drug-likeness (QED) is 0.319. The zero-order valence-electron chi connectivity index (χ0n) is 20.0. The van der Waals surface area contributed by atoms with Crippen LogP contribution in [0.2, 0.25) is 5.02 Å². The molecule has 0 aliphatic rings. The summed E-state index contributed by atoms with van der Waals surface area (Å²) < 4.78 is 33.5. The Morgan fingerprint density at radius 1 is 1.03 bits per heavy atom. The molecule has 0 radical (unpaired) electrons. The van der Waals surface area contributed by atoms with Crippen molar-refractivity contribution in [3.8, 4) is 5.75 Å². The Morgan fingerprint density at radius 2 is 1.69 bits per heavy atom. The second-order valence-corrected chi connectivity index (χ2v) is 10.6. The Labute approximate surface area is 211 Å². The van der Waals surface area contributed by atoms with Crippen molar-refractivity contribution in [2.45, 2.75) is 38.7 Å². The van der Waals surface area contributed by atoms with E-state index in [1.165, 1.54) is 30.5 Å². The highest BCUT2D eigenvalue weighted by Crippen LogP contribution is 2.26. The van der Waals surface area contributed by atoms with Crippen LogP contribution in [0.4, 0.5) is 5.69 Å². The lowest BCUT2D eigenvalue weighted by atomic mass is 10.1. The number of hydrogen-bond donors (Lipinski definition) is 1. The van der Waals surface area contributed by atoms with E-state index >= 15 is 0 Å². The van der Waals surface area contributed by atoms with Crippen LogP contribution in [0.5, 0.6) is 5.75 Å². The molecular weight excluding hydrogens is 486 g/mol. The summed E-state index contributed by atoms with van der Waals surface area (Å²) in [6.45, 7) is 7.25. The topological polar surface area (TPSA) is 88.1 Å². The highest BCUT2D eigenvalue weighted by molar-refractivity contribution is 7.92. The highest BCUT2D eigenvalue weighted by Gasteiger charge is 2.27. The van der Waals surface area contributed by atoms with Crippen molar-refractivity contribution in [3.63, 3.8) is 0 Å². The molecule has 0 fully saturated rings. The summed E-state index contributed by atoms with van der Waals surface area (Å²) in [7, 11) is -4.04. The molecule has 0 unspecified atom stereocenters. The molecule has 0 aromatic heterocycles. The van der Waals surface area contributed by atoms with Gasteiger partial charge in [-0.2, -0.15) is 5.10 Å². The Bertz CT molecular complexity index is 1310. The van der Waals surface area contributed by atoms with Gasteiger partial charge in [0.15, 0.2) is 0 Å². The molecule has 0 heterocycles. The number of benzene rings is 3. The van der Waals surface area contributed by atoms with Crippen LogP contribution in [-0.4, -0.2) is 33.2 Å². The minimum absolute atomic E-state index is 0.0279. The van der Waals surface area contributed by atoms with Gasteiger partial charge < -0.3 is 4.74 Å². The molecule has 0 saturated carbocycles. The Hall–Kier alpha value is -3.36. The van der Waals surface area contributed by atoms with Crippen LogP contribution in [-0.2, 0) is 14.8 Å². The highest BCUT2D eigenvalue weighted by atomic mass is 35.5. The molecule has 3 aromatic carbocycles. The van der Waals surface area contributed by atoms with Gasteiger partial charge in [0.1, 0.15) is 12.3 Å². The molecule has 0 atom stereocenters. The number of carbonyl (C=O) groups excluding carboxylic acids is 1. The van der Waals surface area contributed by atoms with E-state index in [2.05, 4.69) is 10.5 Å². The standard InChI is InChI=1S/C26H28ClN3O4S/c1-18(2)34-24-11-6-21(7-12-24)16-28-29-26(31)17-30(23-10-5-19(3)20(4)15-23)35(32,33)25-13-8-22(27)9-14-25/h5-16,18H,17H2,1-4H3,(H,29,31)/b28-16-. The van der Waals surface area contributed by atoms with Gasteiger partial charge in [-0.1, -0.05) is 17.7 Å². The minimum Gasteiger partial charge on any atom is -0.491 e. The number of amides is 1. The first-order valence-electron chi connectivity index (χ1n) is 11.0. The van der Waals surface area contributed by atoms with Crippen molar-refractivity contribution in [2.24, 2.45) is 5.10 Å². The average molecular weight is 514 g/mol. The molecule has 35 heavy (non-hydrogen) atoms. The fourth-order valence-corrected chi connectivity index (χ4v) is 4.72. The van der Waals surface area contributed by atoms with E-state index in [0.29, 0.717) is 10.7 Å². The zero-order chi connectivity index (χ0) is 25.6. The Balaban J connectivity index is 1.79. The van der Waals surface area contributed by atoms with E-state index in [4.69, 9.17) is 16.3 Å². The van der Waals surface area contributed by atoms with Crippen LogP contribution in [0, 0.1) is 13.8 Å².